The first-order chi connectivity index (χ1) is 9.16. The summed E-state index contributed by atoms with van der Waals surface area (Å²) in [6, 6.07) is 8.00. The molecule has 1 aliphatic rings. The molecule has 0 bridgehead atoms. The number of benzene rings is 1. The van der Waals surface area contributed by atoms with Crippen LogP contribution in [-0.4, -0.2) is 45.2 Å². The van der Waals surface area contributed by atoms with E-state index in [4.69, 9.17) is 11.6 Å². The number of hydrogen-bond donors (Lipinski definition) is 2. The third kappa shape index (κ3) is 4.11. The van der Waals surface area contributed by atoms with Crippen LogP contribution in [0.15, 0.2) is 24.3 Å². The number of amides is 1. The van der Waals surface area contributed by atoms with Gasteiger partial charge in [0.1, 0.15) is 0 Å². The lowest BCUT2D eigenvalue weighted by Gasteiger charge is -2.34. The van der Waals surface area contributed by atoms with E-state index in [9.17, 15) is 4.79 Å². The summed E-state index contributed by atoms with van der Waals surface area (Å²) < 4.78 is 0. The Balaban J connectivity index is 1.79. The minimum Gasteiger partial charge on any atom is -0.359 e. The molecule has 0 saturated carbocycles. The molecule has 0 spiro atoms. The van der Waals surface area contributed by atoms with Gasteiger partial charge in [-0.2, -0.15) is 0 Å². The SMILES string of the molecule is CC(=O)NCC[NH+]1CCN(c2ccccc2Cl)CC1. The zero-order valence-corrected chi connectivity index (χ0v) is 12.0. The number of carbonyl (C=O) groups excluding carboxylic acids is 1. The van der Waals surface area contributed by atoms with Gasteiger partial charge in [-0.15, -0.1) is 0 Å². The largest absolute Gasteiger partial charge is 0.359 e. The smallest absolute Gasteiger partial charge is 0.217 e. The fourth-order valence-electron chi connectivity index (χ4n) is 2.44. The van der Waals surface area contributed by atoms with Gasteiger partial charge >= 0.3 is 0 Å². The lowest BCUT2D eigenvalue weighted by Crippen LogP contribution is -3.15. The number of para-hydroxylation sites is 1. The van der Waals surface area contributed by atoms with Crippen molar-refractivity contribution in [3.63, 3.8) is 0 Å². The summed E-state index contributed by atoms with van der Waals surface area (Å²) in [5, 5.41) is 3.67. The van der Waals surface area contributed by atoms with Gasteiger partial charge in [0.15, 0.2) is 0 Å². The molecule has 0 aromatic heterocycles. The lowest BCUT2D eigenvalue weighted by molar-refractivity contribution is -0.899. The average Bonchev–Trinajstić information content (AvgIpc) is 2.40. The van der Waals surface area contributed by atoms with Crippen LogP contribution in [0.25, 0.3) is 0 Å². The molecule has 0 atom stereocenters. The standard InChI is InChI=1S/C14H20ClN3O/c1-12(19)16-6-7-17-8-10-18(11-9-17)14-5-3-2-4-13(14)15/h2-5H,6-11H2,1H3,(H,16,19)/p+1. The summed E-state index contributed by atoms with van der Waals surface area (Å²) in [6.07, 6.45) is 0. The normalized spacial score (nSPS) is 16.4. The van der Waals surface area contributed by atoms with E-state index in [0.29, 0.717) is 0 Å². The van der Waals surface area contributed by atoms with Crippen LogP contribution in [0.2, 0.25) is 5.02 Å². The van der Waals surface area contributed by atoms with Crippen LogP contribution >= 0.6 is 11.6 Å². The quantitative estimate of drug-likeness (QED) is 0.827. The van der Waals surface area contributed by atoms with Gasteiger partial charge in [-0.3, -0.25) is 4.79 Å². The van der Waals surface area contributed by atoms with Crippen molar-refractivity contribution in [2.45, 2.75) is 6.92 Å². The van der Waals surface area contributed by atoms with E-state index >= 15 is 0 Å². The van der Waals surface area contributed by atoms with E-state index in [0.717, 1.165) is 50.0 Å². The zero-order valence-electron chi connectivity index (χ0n) is 11.3. The van der Waals surface area contributed by atoms with Crippen LogP contribution in [0.4, 0.5) is 5.69 Å². The van der Waals surface area contributed by atoms with E-state index < -0.39 is 0 Å². The summed E-state index contributed by atoms with van der Waals surface area (Å²) in [6.45, 7) is 7.52. The molecule has 1 fully saturated rings. The zero-order chi connectivity index (χ0) is 13.7. The van der Waals surface area contributed by atoms with Crippen LogP contribution < -0.4 is 15.1 Å². The summed E-state index contributed by atoms with van der Waals surface area (Å²) in [7, 11) is 0. The second-order valence-electron chi connectivity index (χ2n) is 4.92. The molecule has 1 amide bonds. The maximum Gasteiger partial charge on any atom is 0.217 e. The summed E-state index contributed by atoms with van der Waals surface area (Å²) >= 11 is 6.22. The number of rotatable bonds is 4. The Hall–Kier alpha value is -1.26. The molecule has 1 aromatic rings. The van der Waals surface area contributed by atoms with Crippen molar-refractivity contribution >= 4 is 23.2 Å². The van der Waals surface area contributed by atoms with Crippen molar-refractivity contribution in [3.05, 3.63) is 29.3 Å². The highest BCUT2D eigenvalue weighted by atomic mass is 35.5. The number of nitrogens with zero attached hydrogens (tertiary/aromatic N) is 1. The van der Waals surface area contributed by atoms with E-state index in [-0.39, 0.29) is 5.91 Å². The Morgan fingerprint density at radius 3 is 2.68 bits per heavy atom. The number of nitrogens with one attached hydrogen (secondary N) is 2. The van der Waals surface area contributed by atoms with Gasteiger partial charge in [0.2, 0.25) is 5.91 Å². The van der Waals surface area contributed by atoms with Crippen molar-refractivity contribution in [2.75, 3.05) is 44.2 Å². The molecule has 0 radical (unpaired) electrons. The highest BCUT2D eigenvalue weighted by Crippen LogP contribution is 2.24. The van der Waals surface area contributed by atoms with Crippen molar-refractivity contribution in [2.24, 2.45) is 0 Å². The first-order valence-electron chi connectivity index (χ1n) is 6.74. The molecular formula is C14H21ClN3O+. The lowest BCUT2D eigenvalue weighted by atomic mass is 10.2. The predicted octanol–water partition coefficient (Wildman–Crippen LogP) is 0.181. The number of piperazine rings is 1. The van der Waals surface area contributed by atoms with E-state index in [1.807, 2.05) is 18.2 Å². The Kier molecular flexibility index (Phi) is 5.05. The summed E-state index contributed by atoms with van der Waals surface area (Å²) in [4.78, 5) is 14.7. The minimum absolute atomic E-state index is 0.0501. The number of halogens is 1. The number of hydrogen-bond acceptors (Lipinski definition) is 2. The highest BCUT2D eigenvalue weighted by molar-refractivity contribution is 6.33. The molecule has 4 nitrogen and oxygen atoms in total. The molecule has 1 saturated heterocycles. The van der Waals surface area contributed by atoms with Crippen LogP contribution in [0, 0.1) is 0 Å². The van der Waals surface area contributed by atoms with Gasteiger partial charge in [-0.25, -0.2) is 0 Å². The van der Waals surface area contributed by atoms with Gasteiger partial charge in [0, 0.05) is 6.92 Å². The van der Waals surface area contributed by atoms with Gasteiger partial charge in [0.25, 0.3) is 0 Å². The van der Waals surface area contributed by atoms with Crippen LogP contribution in [-0.2, 0) is 4.79 Å². The summed E-state index contributed by atoms with van der Waals surface area (Å²) in [5.74, 6) is 0.0501. The Labute approximate surface area is 119 Å². The Bertz CT molecular complexity index is 430. The van der Waals surface area contributed by atoms with Crippen LogP contribution in [0.1, 0.15) is 6.92 Å². The van der Waals surface area contributed by atoms with Gasteiger partial charge in [-0.05, 0) is 12.1 Å². The van der Waals surface area contributed by atoms with Crippen molar-refractivity contribution in [3.8, 4) is 0 Å². The molecule has 2 rings (SSSR count). The van der Waals surface area contributed by atoms with Crippen molar-refractivity contribution in [1.82, 2.24) is 5.32 Å². The van der Waals surface area contributed by atoms with Crippen molar-refractivity contribution < 1.29 is 9.69 Å². The fraction of sp³-hybridized carbons (Fsp3) is 0.500. The second-order valence-corrected chi connectivity index (χ2v) is 5.33. The van der Waals surface area contributed by atoms with Gasteiger partial charge < -0.3 is 15.1 Å². The van der Waals surface area contributed by atoms with E-state index in [1.165, 1.54) is 4.90 Å². The first kappa shape index (κ1) is 14.2. The molecule has 19 heavy (non-hydrogen) atoms. The third-order valence-electron chi connectivity index (χ3n) is 3.52. The molecule has 0 aliphatic carbocycles. The van der Waals surface area contributed by atoms with Gasteiger partial charge in [0.05, 0.1) is 50.0 Å². The minimum atomic E-state index is 0.0501. The first-order valence-corrected chi connectivity index (χ1v) is 7.12. The number of anilines is 1. The fourth-order valence-corrected chi connectivity index (χ4v) is 2.69. The molecule has 1 heterocycles. The molecule has 5 heteroatoms. The molecule has 0 unspecified atom stereocenters. The number of quaternary nitrogens is 1. The highest BCUT2D eigenvalue weighted by Gasteiger charge is 2.20. The Morgan fingerprint density at radius 2 is 2.05 bits per heavy atom. The third-order valence-corrected chi connectivity index (χ3v) is 3.84. The number of carbonyl (C=O) groups is 1. The molecule has 1 aromatic carbocycles. The Morgan fingerprint density at radius 1 is 1.37 bits per heavy atom. The molecular weight excluding hydrogens is 262 g/mol. The topological polar surface area (TPSA) is 36.8 Å². The predicted molar refractivity (Wildman–Crippen MR) is 77.9 cm³/mol. The van der Waals surface area contributed by atoms with E-state index in [2.05, 4.69) is 16.3 Å². The maximum absolute atomic E-state index is 10.8. The van der Waals surface area contributed by atoms with Crippen LogP contribution in [0.5, 0.6) is 0 Å². The van der Waals surface area contributed by atoms with Crippen molar-refractivity contribution in [1.29, 1.82) is 0 Å². The monoisotopic (exact) mass is 282 g/mol. The average molecular weight is 283 g/mol. The maximum atomic E-state index is 10.8. The van der Waals surface area contributed by atoms with Crippen LogP contribution in [0.3, 0.4) is 0 Å². The second kappa shape index (κ2) is 6.78. The van der Waals surface area contributed by atoms with E-state index in [1.54, 1.807) is 6.92 Å². The molecule has 1 aliphatic heterocycles. The summed E-state index contributed by atoms with van der Waals surface area (Å²) in [5.41, 5.74) is 1.13. The molecule has 104 valence electrons. The molecule has 2 N–H and O–H groups in total. The van der Waals surface area contributed by atoms with Gasteiger partial charge in [-0.1, -0.05) is 23.7 Å².